The standard InChI is InChI=1S/C15H20Cl2N2O2/c1-9-7-19(8-10(2)21-9)11(3)15(20)18-14-5-12(16)4-13(17)6-14/h4-6,9-11H,7-8H2,1-3H3,(H,18,20)/t9-,10+,11-/m1/s1. The van der Waals surface area contributed by atoms with Crippen molar-refractivity contribution in [2.24, 2.45) is 0 Å². The molecule has 0 bridgehead atoms. The average molecular weight is 331 g/mol. The molecule has 0 aromatic heterocycles. The van der Waals surface area contributed by atoms with Crippen molar-refractivity contribution >= 4 is 34.8 Å². The Balaban J connectivity index is 2.02. The molecule has 0 spiro atoms. The van der Waals surface area contributed by atoms with Gasteiger partial charge in [0.1, 0.15) is 0 Å². The smallest absolute Gasteiger partial charge is 0.241 e. The van der Waals surface area contributed by atoms with Gasteiger partial charge in [0, 0.05) is 28.8 Å². The van der Waals surface area contributed by atoms with E-state index in [9.17, 15) is 4.79 Å². The molecule has 1 aliphatic heterocycles. The van der Waals surface area contributed by atoms with E-state index in [2.05, 4.69) is 10.2 Å². The summed E-state index contributed by atoms with van der Waals surface area (Å²) in [6.07, 6.45) is 0.259. The summed E-state index contributed by atoms with van der Waals surface area (Å²) in [5.41, 5.74) is 0.610. The van der Waals surface area contributed by atoms with Gasteiger partial charge in [-0.05, 0) is 39.0 Å². The SMILES string of the molecule is C[C@@H]1CN([C@H](C)C(=O)Nc2cc(Cl)cc(Cl)c2)C[C@H](C)O1. The molecule has 0 radical (unpaired) electrons. The molecule has 2 rings (SSSR count). The van der Waals surface area contributed by atoms with Gasteiger partial charge in [-0.3, -0.25) is 9.69 Å². The van der Waals surface area contributed by atoms with Gasteiger partial charge in [0.2, 0.25) is 5.91 Å². The second-order valence-corrected chi connectivity index (χ2v) is 6.41. The van der Waals surface area contributed by atoms with Crippen LogP contribution in [0.3, 0.4) is 0 Å². The zero-order chi connectivity index (χ0) is 15.6. The van der Waals surface area contributed by atoms with Gasteiger partial charge in [-0.2, -0.15) is 0 Å². The minimum atomic E-state index is -0.239. The van der Waals surface area contributed by atoms with E-state index in [1.54, 1.807) is 18.2 Å². The number of rotatable bonds is 3. The number of nitrogens with one attached hydrogen (secondary N) is 1. The number of amides is 1. The number of carbonyl (C=O) groups excluding carboxylic acids is 1. The van der Waals surface area contributed by atoms with Crippen LogP contribution in [0.15, 0.2) is 18.2 Å². The number of benzene rings is 1. The summed E-state index contributed by atoms with van der Waals surface area (Å²) in [5, 5.41) is 3.86. The normalized spacial score (nSPS) is 24.6. The average Bonchev–Trinajstić information content (AvgIpc) is 2.35. The van der Waals surface area contributed by atoms with Gasteiger partial charge in [0.15, 0.2) is 0 Å². The Hall–Kier alpha value is -0.810. The number of hydrogen-bond acceptors (Lipinski definition) is 3. The molecule has 4 nitrogen and oxygen atoms in total. The molecule has 1 fully saturated rings. The summed E-state index contributed by atoms with van der Waals surface area (Å²) >= 11 is 11.9. The van der Waals surface area contributed by atoms with E-state index in [-0.39, 0.29) is 24.2 Å². The summed E-state index contributed by atoms with van der Waals surface area (Å²) in [6, 6.07) is 4.76. The van der Waals surface area contributed by atoms with Crippen LogP contribution in [0, 0.1) is 0 Å². The van der Waals surface area contributed by atoms with Crippen LogP contribution in [0.1, 0.15) is 20.8 Å². The highest BCUT2D eigenvalue weighted by molar-refractivity contribution is 6.35. The van der Waals surface area contributed by atoms with Crippen LogP contribution < -0.4 is 5.32 Å². The zero-order valence-electron chi connectivity index (χ0n) is 12.4. The molecule has 0 aliphatic carbocycles. The van der Waals surface area contributed by atoms with Crippen molar-refractivity contribution in [1.29, 1.82) is 0 Å². The number of carbonyl (C=O) groups is 1. The molecule has 1 amide bonds. The van der Waals surface area contributed by atoms with E-state index < -0.39 is 0 Å². The monoisotopic (exact) mass is 330 g/mol. The van der Waals surface area contributed by atoms with Crippen molar-refractivity contribution in [3.05, 3.63) is 28.2 Å². The molecule has 1 aromatic carbocycles. The van der Waals surface area contributed by atoms with E-state index in [1.807, 2.05) is 20.8 Å². The number of anilines is 1. The lowest BCUT2D eigenvalue weighted by molar-refractivity contribution is -0.126. The Kier molecular flexibility index (Phi) is 5.49. The summed E-state index contributed by atoms with van der Waals surface area (Å²) < 4.78 is 5.69. The molecule has 116 valence electrons. The maximum absolute atomic E-state index is 12.4. The Bertz CT molecular complexity index is 494. The summed E-state index contributed by atoms with van der Waals surface area (Å²) in [7, 11) is 0. The maximum atomic E-state index is 12.4. The first-order valence-electron chi connectivity index (χ1n) is 7.01. The van der Waals surface area contributed by atoms with Crippen LogP contribution in [-0.2, 0) is 9.53 Å². The van der Waals surface area contributed by atoms with Crippen LogP contribution in [0.4, 0.5) is 5.69 Å². The molecular weight excluding hydrogens is 311 g/mol. The lowest BCUT2D eigenvalue weighted by Gasteiger charge is -2.38. The highest BCUT2D eigenvalue weighted by atomic mass is 35.5. The van der Waals surface area contributed by atoms with Crippen molar-refractivity contribution < 1.29 is 9.53 Å². The van der Waals surface area contributed by atoms with Gasteiger partial charge in [-0.1, -0.05) is 23.2 Å². The third-order valence-electron chi connectivity index (χ3n) is 3.51. The Morgan fingerprint density at radius 3 is 2.29 bits per heavy atom. The van der Waals surface area contributed by atoms with Gasteiger partial charge >= 0.3 is 0 Å². The third kappa shape index (κ3) is 4.58. The Morgan fingerprint density at radius 1 is 1.24 bits per heavy atom. The Labute approximate surface area is 135 Å². The molecule has 1 N–H and O–H groups in total. The lowest BCUT2D eigenvalue weighted by atomic mass is 10.1. The fourth-order valence-electron chi connectivity index (χ4n) is 2.57. The first-order chi connectivity index (χ1) is 9.85. The predicted octanol–water partition coefficient (Wildman–Crippen LogP) is 3.43. The fraction of sp³-hybridized carbons (Fsp3) is 0.533. The van der Waals surface area contributed by atoms with E-state index in [4.69, 9.17) is 27.9 Å². The molecule has 0 saturated carbocycles. The molecule has 3 atom stereocenters. The van der Waals surface area contributed by atoms with Crippen molar-refractivity contribution in [2.45, 2.75) is 39.0 Å². The van der Waals surface area contributed by atoms with E-state index in [0.717, 1.165) is 13.1 Å². The van der Waals surface area contributed by atoms with Gasteiger partial charge in [0.25, 0.3) is 0 Å². The molecule has 1 aromatic rings. The van der Waals surface area contributed by atoms with Gasteiger partial charge < -0.3 is 10.1 Å². The molecule has 0 unspecified atom stereocenters. The third-order valence-corrected chi connectivity index (χ3v) is 3.94. The molecule has 1 aliphatic rings. The Morgan fingerprint density at radius 2 is 1.76 bits per heavy atom. The molecule has 1 saturated heterocycles. The largest absolute Gasteiger partial charge is 0.373 e. The van der Waals surface area contributed by atoms with Crippen molar-refractivity contribution in [1.82, 2.24) is 4.90 Å². The number of hydrogen-bond donors (Lipinski definition) is 1. The number of morpholine rings is 1. The van der Waals surface area contributed by atoms with Gasteiger partial charge in [0.05, 0.1) is 18.2 Å². The van der Waals surface area contributed by atoms with Crippen LogP contribution in [0.2, 0.25) is 10.0 Å². The van der Waals surface area contributed by atoms with Crippen molar-refractivity contribution in [3.63, 3.8) is 0 Å². The van der Waals surface area contributed by atoms with E-state index in [0.29, 0.717) is 15.7 Å². The summed E-state index contributed by atoms with van der Waals surface area (Å²) in [6.45, 7) is 7.42. The van der Waals surface area contributed by atoms with E-state index in [1.165, 1.54) is 0 Å². The highest BCUT2D eigenvalue weighted by Gasteiger charge is 2.29. The summed E-state index contributed by atoms with van der Waals surface area (Å²) in [5.74, 6) is -0.0744. The van der Waals surface area contributed by atoms with Gasteiger partial charge in [-0.15, -0.1) is 0 Å². The molecule has 1 heterocycles. The number of nitrogens with zero attached hydrogens (tertiary/aromatic N) is 1. The van der Waals surface area contributed by atoms with Crippen molar-refractivity contribution in [3.8, 4) is 0 Å². The minimum Gasteiger partial charge on any atom is -0.373 e. The predicted molar refractivity (Wildman–Crippen MR) is 86.1 cm³/mol. The van der Waals surface area contributed by atoms with Crippen LogP contribution in [0.25, 0.3) is 0 Å². The molecular formula is C15H20Cl2N2O2. The quantitative estimate of drug-likeness (QED) is 0.923. The van der Waals surface area contributed by atoms with Crippen LogP contribution in [-0.4, -0.2) is 42.1 Å². The first kappa shape index (κ1) is 16.6. The van der Waals surface area contributed by atoms with Crippen LogP contribution >= 0.6 is 23.2 Å². The molecule has 21 heavy (non-hydrogen) atoms. The zero-order valence-corrected chi connectivity index (χ0v) is 13.9. The number of ether oxygens (including phenoxy) is 1. The molecule has 6 heteroatoms. The van der Waals surface area contributed by atoms with Crippen LogP contribution in [0.5, 0.6) is 0 Å². The summed E-state index contributed by atoms with van der Waals surface area (Å²) in [4.78, 5) is 14.5. The second-order valence-electron chi connectivity index (χ2n) is 5.53. The fourth-order valence-corrected chi connectivity index (χ4v) is 3.10. The lowest BCUT2D eigenvalue weighted by Crippen LogP contribution is -2.52. The van der Waals surface area contributed by atoms with E-state index >= 15 is 0 Å². The second kappa shape index (κ2) is 6.97. The van der Waals surface area contributed by atoms with Crippen molar-refractivity contribution in [2.75, 3.05) is 18.4 Å². The van der Waals surface area contributed by atoms with Gasteiger partial charge in [-0.25, -0.2) is 0 Å². The topological polar surface area (TPSA) is 41.6 Å². The first-order valence-corrected chi connectivity index (χ1v) is 7.77. The number of halogens is 2. The minimum absolute atomic E-state index is 0.0744. The maximum Gasteiger partial charge on any atom is 0.241 e. The highest BCUT2D eigenvalue weighted by Crippen LogP contribution is 2.23.